The molecule has 10 heteroatoms. The third kappa shape index (κ3) is 10.2. The van der Waals surface area contributed by atoms with Crippen LogP contribution in [-0.2, 0) is 43.2 Å². The highest BCUT2D eigenvalue weighted by atomic mass is 16.6. The highest BCUT2D eigenvalue weighted by Gasteiger charge is 2.50. The maximum atomic E-state index is 14.0. The first-order valence-electron chi connectivity index (χ1n) is 15.9. The lowest BCUT2D eigenvalue weighted by Gasteiger charge is -2.26. The number of ketones is 1. The molecule has 3 aromatic rings. The van der Waals surface area contributed by atoms with E-state index in [1.165, 1.54) is 0 Å². The highest BCUT2D eigenvalue weighted by molar-refractivity contribution is 5.98. The number of unbranched alkanes of at least 4 members (excludes halogenated alkanes) is 2. The van der Waals surface area contributed by atoms with Crippen LogP contribution in [-0.4, -0.2) is 53.8 Å². The number of ether oxygens (including phenoxy) is 1. The molecule has 4 atom stereocenters. The van der Waals surface area contributed by atoms with E-state index in [4.69, 9.17) is 16.2 Å². The molecule has 0 radical (unpaired) electrons. The van der Waals surface area contributed by atoms with Crippen LogP contribution in [0.1, 0.15) is 56.2 Å². The standard InChI is InChI=1S/C36H45N5O5/c1-3-4-6-11-32(42)39-30(21-25-12-16-27(37)17-13-25)34(44)41-31(22-26-14-18-28(38)19-15-26)35(45)40-29(33(43)36(2)23-46-36)20-24-9-7-5-8-10-24/h5,7-10,12-19,29-31H,3-4,6,11,20-23,37-38H2,1-2H3,(H,39,42)(H,40,45)(H,41,44)/t29?,30?,31?,36-/m1/s1. The fraction of sp³-hybridized carbons (Fsp3) is 0.389. The van der Waals surface area contributed by atoms with E-state index in [9.17, 15) is 19.2 Å². The molecule has 244 valence electrons. The zero-order valence-corrected chi connectivity index (χ0v) is 26.6. The van der Waals surface area contributed by atoms with Crippen molar-refractivity contribution in [3.05, 3.63) is 95.6 Å². The van der Waals surface area contributed by atoms with Crippen LogP contribution in [0.4, 0.5) is 11.4 Å². The fourth-order valence-corrected chi connectivity index (χ4v) is 5.22. The second-order valence-electron chi connectivity index (χ2n) is 12.2. The summed E-state index contributed by atoms with van der Waals surface area (Å²) in [4.78, 5) is 54.2. The van der Waals surface area contributed by atoms with E-state index in [2.05, 4.69) is 22.9 Å². The van der Waals surface area contributed by atoms with Crippen LogP contribution < -0.4 is 27.4 Å². The third-order valence-electron chi connectivity index (χ3n) is 8.15. The first-order chi connectivity index (χ1) is 22.1. The van der Waals surface area contributed by atoms with Crippen LogP contribution in [0.5, 0.6) is 0 Å². The minimum absolute atomic E-state index is 0.136. The summed E-state index contributed by atoms with van der Waals surface area (Å²) in [7, 11) is 0. The summed E-state index contributed by atoms with van der Waals surface area (Å²) in [5, 5.41) is 8.67. The fourth-order valence-electron chi connectivity index (χ4n) is 5.22. The number of nitrogen functional groups attached to an aromatic ring is 2. The van der Waals surface area contributed by atoms with Crippen molar-refractivity contribution in [1.82, 2.24) is 16.0 Å². The van der Waals surface area contributed by atoms with E-state index in [1.807, 2.05) is 30.3 Å². The summed E-state index contributed by atoms with van der Waals surface area (Å²) in [6, 6.07) is 20.6. The molecule has 0 aromatic heterocycles. The van der Waals surface area contributed by atoms with Crippen molar-refractivity contribution in [2.75, 3.05) is 18.1 Å². The molecular formula is C36H45N5O5. The van der Waals surface area contributed by atoms with Gasteiger partial charge in [0, 0.05) is 30.6 Å². The molecule has 1 aliphatic heterocycles. The first-order valence-corrected chi connectivity index (χ1v) is 15.9. The zero-order chi connectivity index (χ0) is 33.1. The number of Topliss-reactive ketones (excluding diaryl/α,β-unsaturated/α-hetero) is 1. The number of anilines is 2. The predicted molar refractivity (Wildman–Crippen MR) is 179 cm³/mol. The van der Waals surface area contributed by atoms with E-state index in [0.29, 0.717) is 24.2 Å². The van der Waals surface area contributed by atoms with Crippen molar-refractivity contribution >= 4 is 34.9 Å². The number of hydrogen-bond acceptors (Lipinski definition) is 7. The van der Waals surface area contributed by atoms with E-state index in [0.717, 1.165) is 29.5 Å². The molecule has 0 spiro atoms. The SMILES string of the molecule is CCCCCC(=O)NC(Cc1ccc(N)cc1)C(=O)NC(Cc1ccc(N)cc1)C(=O)NC(Cc1ccccc1)C(=O)[C@@]1(C)CO1. The van der Waals surface area contributed by atoms with Crippen molar-refractivity contribution in [1.29, 1.82) is 0 Å². The van der Waals surface area contributed by atoms with Crippen molar-refractivity contribution in [3.63, 3.8) is 0 Å². The van der Waals surface area contributed by atoms with Gasteiger partial charge in [-0.05, 0) is 60.7 Å². The molecule has 3 unspecified atom stereocenters. The molecule has 1 heterocycles. The lowest BCUT2D eigenvalue weighted by atomic mass is 9.94. The Kier molecular flexibility index (Phi) is 11.9. The van der Waals surface area contributed by atoms with Gasteiger partial charge < -0.3 is 32.2 Å². The Morgan fingerprint density at radius 1 is 0.696 bits per heavy atom. The molecule has 7 N–H and O–H groups in total. The van der Waals surface area contributed by atoms with Gasteiger partial charge in [-0.3, -0.25) is 19.2 Å². The number of carbonyl (C=O) groups is 4. The average Bonchev–Trinajstić information content (AvgIpc) is 3.80. The summed E-state index contributed by atoms with van der Waals surface area (Å²) < 4.78 is 5.43. The number of hydrogen-bond donors (Lipinski definition) is 5. The number of epoxide rings is 1. The quantitative estimate of drug-likeness (QED) is 0.0869. The Balaban J connectivity index is 1.57. The normalized spacial score (nSPS) is 17.3. The molecule has 3 amide bonds. The number of amides is 3. The van der Waals surface area contributed by atoms with E-state index < -0.39 is 35.5 Å². The molecule has 1 aliphatic rings. The van der Waals surface area contributed by atoms with Crippen LogP contribution in [0.25, 0.3) is 0 Å². The molecule has 0 aliphatic carbocycles. The van der Waals surface area contributed by atoms with Crippen LogP contribution in [0, 0.1) is 0 Å². The Labute approximate surface area is 270 Å². The average molecular weight is 628 g/mol. The van der Waals surface area contributed by atoms with Gasteiger partial charge in [0.2, 0.25) is 17.7 Å². The maximum Gasteiger partial charge on any atom is 0.243 e. The molecule has 1 saturated heterocycles. The smallest absolute Gasteiger partial charge is 0.243 e. The lowest BCUT2D eigenvalue weighted by molar-refractivity contribution is -0.134. The number of nitrogens with one attached hydrogen (secondary N) is 3. The summed E-state index contributed by atoms with van der Waals surface area (Å²) in [5.41, 5.74) is 14.4. The monoisotopic (exact) mass is 627 g/mol. The molecular weight excluding hydrogens is 582 g/mol. The number of rotatable bonds is 17. The van der Waals surface area contributed by atoms with Crippen LogP contribution in [0.3, 0.4) is 0 Å². The maximum absolute atomic E-state index is 14.0. The van der Waals surface area contributed by atoms with Crippen LogP contribution in [0.15, 0.2) is 78.9 Å². The third-order valence-corrected chi connectivity index (χ3v) is 8.15. The van der Waals surface area contributed by atoms with E-state index >= 15 is 0 Å². The van der Waals surface area contributed by atoms with Crippen molar-refractivity contribution < 1.29 is 23.9 Å². The Morgan fingerprint density at radius 2 is 1.15 bits per heavy atom. The predicted octanol–water partition coefficient (Wildman–Crippen LogP) is 3.27. The Hall–Kier alpha value is -4.70. The summed E-state index contributed by atoms with van der Waals surface area (Å²) in [5.74, 6) is -1.51. The van der Waals surface area contributed by atoms with E-state index in [1.54, 1.807) is 55.5 Å². The molecule has 4 rings (SSSR count). The van der Waals surface area contributed by atoms with Gasteiger partial charge in [-0.25, -0.2) is 0 Å². The minimum Gasteiger partial charge on any atom is -0.399 e. The summed E-state index contributed by atoms with van der Waals surface area (Å²) in [6.45, 7) is 4.04. The Morgan fingerprint density at radius 3 is 1.65 bits per heavy atom. The van der Waals surface area contributed by atoms with Gasteiger partial charge in [-0.15, -0.1) is 0 Å². The molecule has 0 bridgehead atoms. The van der Waals surface area contributed by atoms with Crippen molar-refractivity contribution in [2.24, 2.45) is 0 Å². The number of benzene rings is 3. The van der Waals surface area contributed by atoms with Gasteiger partial charge >= 0.3 is 0 Å². The van der Waals surface area contributed by atoms with Gasteiger partial charge in [-0.2, -0.15) is 0 Å². The van der Waals surface area contributed by atoms with Gasteiger partial charge in [0.25, 0.3) is 0 Å². The zero-order valence-electron chi connectivity index (χ0n) is 26.6. The molecule has 46 heavy (non-hydrogen) atoms. The Bertz CT molecular complexity index is 1470. The van der Waals surface area contributed by atoms with E-state index in [-0.39, 0.29) is 37.6 Å². The highest BCUT2D eigenvalue weighted by Crippen LogP contribution is 2.29. The van der Waals surface area contributed by atoms with Gasteiger partial charge in [-0.1, -0.05) is 74.4 Å². The molecule has 1 fully saturated rings. The summed E-state index contributed by atoms with van der Waals surface area (Å²) in [6.07, 6.45) is 3.46. The largest absolute Gasteiger partial charge is 0.399 e. The second-order valence-corrected chi connectivity index (χ2v) is 12.2. The lowest BCUT2D eigenvalue weighted by Crippen LogP contribution is -2.58. The van der Waals surface area contributed by atoms with Crippen molar-refractivity contribution in [3.8, 4) is 0 Å². The first kappa shape index (κ1) is 34.2. The van der Waals surface area contributed by atoms with Crippen LogP contribution >= 0.6 is 0 Å². The molecule has 0 saturated carbocycles. The molecule has 3 aromatic carbocycles. The van der Waals surface area contributed by atoms with Crippen LogP contribution in [0.2, 0.25) is 0 Å². The van der Waals surface area contributed by atoms with Gasteiger partial charge in [0.05, 0.1) is 12.6 Å². The second kappa shape index (κ2) is 16.0. The minimum atomic E-state index is -1.05. The molecule has 10 nitrogen and oxygen atoms in total. The summed E-state index contributed by atoms with van der Waals surface area (Å²) >= 11 is 0. The van der Waals surface area contributed by atoms with Gasteiger partial charge in [0.1, 0.15) is 17.7 Å². The number of nitrogens with two attached hydrogens (primary N) is 2. The van der Waals surface area contributed by atoms with Gasteiger partial charge in [0.15, 0.2) is 5.78 Å². The number of carbonyl (C=O) groups excluding carboxylic acids is 4. The van der Waals surface area contributed by atoms with Crippen molar-refractivity contribution in [2.45, 2.75) is 82.5 Å². The topological polar surface area (TPSA) is 169 Å².